The van der Waals surface area contributed by atoms with Crippen molar-refractivity contribution in [1.29, 1.82) is 0 Å². The molecule has 29 heavy (non-hydrogen) atoms. The summed E-state index contributed by atoms with van der Waals surface area (Å²) in [6.07, 6.45) is 5.64. The summed E-state index contributed by atoms with van der Waals surface area (Å²) < 4.78 is 0. The van der Waals surface area contributed by atoms with E-state index >= 15 is 0 Å². The highest BCUT2D eigenvalue weighted by Gasteiger charge is 2.35. The molecule has 1 atom stereocenters. The minimum Gasteiger partial charge on any atom is -0.348 e. The van der Waals surface area contributed by atoms with Crippen LogP contribution in [0.2, 0.25) is 0 Å². The molecule has 3 saturated heterocycles. The zero-order chi connectivity index (χ0) is 20.4. The van der Waals surface area contributed by atoms with Crippen molar-refractivity contribution >= 4 is 11.8 Å². The summed E-state index contributed by atoms with van der Waals surface area (Å²) in [7, 11) is 2.12. The lowest BCUT2D eigenvalue weighted by atomic mass is 9.92. The fourth-order valence-electron chi connectivity index (χ4n) is 4.98. The van der Waals surface area contributed by atoms with Gasteiger partial charge in [0.1, 0.15) is 5.69 Å². The van der Waals surface area contributed by atoms with E-state index < -0.39 is 0 Å². The Bertz CT molecular complexity index is 719. The van der Waals surface area contributed by atoms with E-state index in [9.17, 15) is 9.59 Å². The molecule has 4 rings (SSSR count). The third-order valence-electron chi connectivity index (χ3n) is 6.92. The summed E-state index contributed by atoms with van der Waals surface area (Å²) in [4.78, 5) is 41.7. The quantitative estimate of drug-likeness (QED) is 0.810. The third-order valence-corrected chi connectivity index (χ3v) is 6.92. The van der Waals surface area contributed by atoms with Crippen LogP contribution in [-0.4, -0.2) is 107 Å². The van der Waals surface area contributed by atoms with Crippen molar-refractivity contribution in [3.63, 3.8) is 0 Å². The van der Waals surface area contributed by atoms with E-state index in [1.54, 1.807) is 6.33 Å². The van der Waals surface area contributed by atoms with E-state index in [2.05, 4.69) is 31.7 Å². The zero-order valence-corrected chi connectivity index (χ0v) is 17.8. The van der Waals surface area contributed by atoms with Gasteiger partial charge in [-0.15, -0.1) is 0 Å². The van der Waals surface area contributed by atoms with Gasteiger partial charge in [0, 0.05) is 57.5 Å². The van der Waals surface area contributed by atoms with E-state index in [1.807, 2.05) is 11.8 Å². The van der Waals surface area contributed by atoms with Gasteiger partial charge in [-0.05, 0) is 46.2 Å². The number of H-pyrrole nitrogens is 1. The number of piperazine rings is 1. The Morgan fingerprint density at radius 3 is 2.38 bits per heavy atom. The highest BCUT2D eigenvalue weighted by molar-refractivity contribution is 5.93. The van der Waals surface area contributed by atoms with Crippen molar-refractivity contribution in [2.45, 2.75) is 38.6 Å². The van der Waals surface area contributed by atoms with Crippen LogP contribution in [0.15, 0.2) is 6.33 Å². The Morgan fingerprint density at radius 1 is 1.00 bits per heavy atom. The highest BCUT2D eigenvalue weighted by Crippen LogP contribution is 2.26. The van der Waals surface area contributed by atoms with Crippen LogP contribution in [0.4, 0.5) is 0 Å². The molecule has 0 radical (unpaired) electrons. The first-order valence-electron chi connectivity index (χ1n) is 11.0. The molecule has 0 saturated carbocycles. The minimum atomic E-state index is 0.0314. The van der Waals surface area contributed by atoms with E-state index in [1.165, 1.54) is 0 Å². The molecular weight excluding hydrogens is 368 g/mol. The van der Waals surface area contributed by atoms with Crippen LogP contribution in [0.1, 0.15) is 41.9 Å². The highest BCUT2D eigenvalue weighted by atomic mass is 16.2. The molecule has 1 aromatic rings. The molecule has 3 aliphatic rings. The first-order chi connectivity index (χ1) is 14.0. The van der Waals surface area contributed by atoms with Crippen molar-refractivity contribution in [3.05, 3.63) is 17.7 Å². The van der Waals surface area contributed by atoms with Crippen molar-refractivity contribution in [1.82, 2.24) is 29.6 Å². The standard InChI is InChI=1S/C21H34N6O2/c1-16-19(23-15-22-16)21(29)25-8-5-18(6-9-25)27-7-3-4-17(14-27)20(28)26-12-10-24(2)11-13-26/h15,17-18H,3-14H2,1-2H3,(H,22,23). The van der Waals surface area contributed by atoms with Gasteiger partial charge >= 0.3 is 0 Å². The van der Waals surface area contributed by atoms with Crippen LogP contribution in [0.5, 0.6) is 0 Å². The number of hydrogen-bond donors (Lipinski definition) is 1. The molecule has 3 aliphatic heterocycles. The Labute approximate surface area is 173 Å². The first kappa shape index (κ1) is 20.3. The van der Waals surface area contributed by atoms with Gasteiger partial charge in [-0.3, -0.25) is 14.5 Å². The topological polar surface area (TPSA) is 75.8 Å². The summed E-state index contributed by atoms with van der Waals surface area (Å²) in [5.74, 6) is 0.520. The predicted molar refractivity (Wildman–Crippen MR) is 111 cm³/mol. The lowest BCUT2D eigenvalue weighted by Crippen LogP contribution is -2.54. The number of carbonyl (C=O) groups is 2. The molecule has 0 aliphatic carbocycles. The molecule has 1 aromatic heterocycles. The smallest absolute Gasteiger partial charge is 0.274 e. The van der Waals surface area contributed by atoms with Crippen LogP contribution in [0.25, 0.3) is 0 Å². The van der Waals surface area contributed by atoms with Crippen molar-refractivity contribution in [2.75, 3.05) is 59.4 Å². The van der Waals surface area contributed by atoms with Crippen LogP contribution < -0.4 is 0 Å². The van der Waals surface area contributed by atoms with E-state index in [0.29, 0.717) is 17.6 Å². The van der Waals surface area contributed by atoms with E-state index in [4.69, 9.17) is 0 Å². The van der Waals surface area contributed by atoms with Gasteiger partial charge in [-0.2, -0.15) is 0 Å². The number of aryl methyl sites for hydroxylation is 1. The van der Waals surface area contributed by atoms with Crippen LogP contribution in [0, 0.1) is 12.8 Å². The lowest BCUT2D eigenvalue weighted by molar-refractivity contribution is -0.139. The first-order valence-corrected chi connectivity index (χ1v) is 11.0. The van der Waals surface area contributed by atoms with Gasteiger partial charge in [0.15, 0.2) is 0 Å². The zero-order valence-electron chi connectivity index (χ0n) is 17.8. The van der Waals surface area contributed by atoms with Gasteiger partial charge in [-0.1, -0.05) is 0 Å². The molecule has 2 amide bonds. The summed E-state index contributed by atoms with van der Waals surface area (Å²) >= 11 is 0. The number of amides is 2. The lowest BCUT2D eigenvalue weighted by Gasteiger charge is -2.43. The van der Waals surface area contributed by atoms with Gasteiger partial charge in [0.2, 0.25) is 5.91 Å². The number of imidazole rings is 1. The molecule has 8 heteroatoms. The van der Waals surface area contributed by atoms with Crippen LogP contribution >= 0.6 is 0 Å². The fourth-order valence-corrected chi connectivity index (χ4v) is 4.98. The normalized spacial score (nSPS) is 25.4. The molecule has 8 nitrogen and oxygen atoms in total. The van der Waals surface area contributed by atoms with Gasteiger partial charge in [-0.25, -0.2) is 4.98 Å². The monoisotopic (exact) mass is 402 g/mol. The van der Waals surface area contributed by atoms with Crippen molar-refractivity contribution < 1.29 is 9.59 Å². The molecule has 160 valence electrons. The van der Waals surface area contributed by atoms with Crippen LogP contribution in [0.3, 0.4) is 0 Å². The number of likely N-dealkylation sites (N-methyl/N-ethyl adjacent to an activating group) is 1. The molecule has 1 N–H and O–H groups in total. The molecule has 3 fully saturated rings. The molecule has 4 heterocycles. The molecule has 0 aromatic carbocycles. The van der Waals surface area contributed by atoms with Gasteiger partial charge in [0.25, 0.3) is 5.91 Å². The number of nitrogens with one attached hydrogen (secondary N) is 1. The maximum Gasteiger partial charge on any atom is 0.274 e. The van der Waals surface area contributed by atoms with Crippen molar-refractivity contribution in [2.24, 2.45) is 5.92 Å². The number of aromatic nitrogens is 2. The number of piperidine rings is 2. The second kappa shape index (κ2) is 8.83. The third kappa shape index (κ3) is 4.48. The molecular formula is C21H34N6O2. The van der Waals surface area contributed by atoms with E-state index in [0.717, 1.165) is 83.7 Å². The maximum atomic E-state index is 13.0. The maximum absolute atomic E-state index is 13.0. The fraction of sp³-hybridized carbons (Fsp3) is 0.762. The predicted octanol–water partition coefficient (Wildman–Crippen LogP) is 0.809. The van der Waals surface area contributed by atoms with E-state index in [-0.39, 0.29) is 11.8 Å². The van der Waals surface area contributed by atoms with Crippen molar-refractivity contribution in [3.8, 4) is 0 Å². The Balaban J connectivity index is 1.29. The SMILES string of the molecule is Cc1[nH]cnc1C(=O)N1CCC(N2CCCC(C(=O)N3CCN(C)CC3)C2)CC1. The number of carbonyl (C=O) groups excluding carboxylic acids is 2. The average molecular weight is 403 g/mol. The summed E-state index contributed by atoms with van der Waals surface area (Å²) in [6.45, 7) is 9.04. The Morgan fingerprint density at radius 2 is 1.72 bits per heavy atom. The number of nitrogens with zero attached hydrogens (tertiary/aromatic N) is 5. The summed E-state index contributed by atoms with van der Waals surface area (Å²) in [5.41, 5.74) is 1.37. The average Bonchev–Trinajstić information content (AvgIpc) is 3.19. The summed E-state index contributed by atoms with van der Waals surface area (Å²) in [6, 6.07) is 0.474. The second-order valence-corrected chi connectivity index (χ2v) is 8.86. The molecule has 0 spiro atoms. The Kier molecular flexibility index (Phi) is 6.20. The second-order valence-electron chi connectivity index (χ2n) is 8.86. The van der Waals surface area contributed by atoms with Crippen LogP contribution in [-0.2, 0) is 4.79 Å². The summed E-state index contributed by atoms with van der Waals surface area (Å²) in [5, 5.41) is 0. The number of likely N-dealkylation sites (tertiary alicyclic amines) is 2. The largest absolute Gasteiger partial charge is 0.348 e. The number of rotatable bonds is 3. The minimum absolute atomic E-state index is 0.0314. The Hall–Kier alpha value is -1.93. The molecule has 0 bridgehead atoms. The van der Waals surface area contributed by atoms with Gasteiger partial charge < -0.3 is 19.7 Å². The number of hydrogen-bond acceptors (Lipinski definition) is 5. The molecule has 1 unspecified atom stereocenters. The number of aromatic amines is 1. The van der Waals surface area contributed by atoms with Gasteiger partial charge in [0.05, 0.1) is 12.2 Å².